The highest BCUT2D eigenvalue weighted by atomic mass is 16.5. The van der Waals surface area contributed by atoms with Gasteiger partial charge in [-0.1, -0.05) is 167 Å². The fourth-order valence-corrected chi connectivity index (χ4v) is 5.20. The van der Waals surface area contributed by atoms with Gasteiger partial charge in [-0.25, -0.2) is 0 Å². The first-order chi connectivity index (χ1) is 19.1. The minimum atomic E-state index is -0.899. The van der Waals surface area contributed by atoms with Gasteiger partial charge in [0.15, 0.2) is 0 Å². The number of carbonyl (C=O) groups is 2. The molecule has 39 heavy (non-hydrogen) atoms. The van der Waals surface area contributed by atoms with Crippen molar-refractivity contribution in [2.24, 2.45) is 5.92 Å². The number of carboxylic acid groups (broad SMARTS) is 1. The Morgan fingerprint density at radius 2 is 1.03 bits per heavy atom. The standard InChI is InChI=1S/C35H64O4/c1-3-5-6-7-8-9-10-11-12-13-14-15-16-17-18-19-20-21-22-23-24-25-26-27-28-29-30-33(35(37)38)32-34(36)39-31-4-2/h4-6,33H,2-3,7-32H2,1H3,(H,37,38)/b6-5+. The molecule has 0 amide bonds. The largest absolute Gasteiger partial charge is 0.481 e. The molecule has 0 fully saturated rings. The SMILES string of the molecule is C=CCOC(=O)CC(CCCCCCCCCCCCCCCCCCCCCCCC/C=C/CC)C(=O)O. The van der Waals surface area contributed by atoms with Crippen molar-refractivity contribution < 1.29 is 19.4 Å². The summed E-state index contributed by atoms with van der Waals surface area (Å²) < 4.78 is 4.91. The maximum absolute atomic E-state index is 11.6. The van der Waals surface area contributed by atoms with Gasteiger partial charge in [0.25, 0.3) is 0 Å². The molecule has 0 saturated carbocycles. The molecule has 4 nitrogen and oxygen atoms in total. The van der Waals surface area contributed by atoms with Crippen LogP contribution >= 0.6 is 0 Å². The minimum absolute atomic E-state index is 0.0404. The van der Waals surface area contributed by atoms with Gasteiger partial charge in [0, 0.05) is 0 Å². The Balaban J connectivity index is 3.28. The minimum Gasteiger partial charge on any atom is -0.481 e. The highest BCUT2D eigenvalue weighted by molar-refractivity contribution is 5.78. The Hall–Kier alpha value is -1.58. The third-order valence-electron chi connectivity index (χ3n) is 7.70. The van der Waals surface area contributed by atoms with Gasteiger partial charge in [-0.3, -0.25) is 9.59 Å². The summed E-state index contributed by atoms with van der Waals surface area (Å²) in [6.45, 7) is 5.84. The van der Waals surface area contributed by atoms with Crippen LogP contribution in [-0.4, -0.2) is 23.7 Å². The second kappa shape index (κ2) is 31.0. The van der Waals surface area contributed by atoms with E-state index in [4.69, 9.17) is 4.74 Å². The Morgan fingerprint density at radius 3 is 1.38 bits per heavy atom. The van der Waals surface area contributed by atoms with Gasteiger partial charge in [-0.05, 0) is 25.7 Å². The maximum Gasteiger partial charge on any atom is 0.307 e. The number of allylic oxidation sites excluding steroid dienone is 2. The van der Waals surface area contributed by atoms with E-state index in [1.54, 1.807) is 0 Å². The van der Waals surface area contributed by atoms with E-state index in [9.17, 15) is 14.7 Å². The number of rotatable bonds is 31. The van der Waals surface area contributed by atoms with E-state index in [0.717, 1.165) is 19.3 Å². The van der Waals surface area contributed by atoms with Gasteiger partial charge in [0.2, 0.25) is 0 Å². The lowest BCUT2D eigenvalue weighted by Gasteiger charge is -2.11. The number of unbranched alkanes of at least 4 members (excludes halogenated alkanes) is 22. The number of esters is 1. The lowest BCUT2D eigenvalue weighted by Crippen LogP contribution is -2.19. The van der Waals surface area contributed by atoms with Gasteiger partial charge >= 0.3 is 11.9 Å². The summed E-state index contributed by atoms with van der Waals surface area (Å²) in [4.78, 5) is 23.0. The van der Waals surface area contributed by atoms with Crippen LogP contribution in [-0.2, 0) is 14.3 Å². The van der Waals surface area contributed by atoms with Crippen LogP contribution in [0.2, 0.25) is 0 Å². The van der Waals surface area contributed by atoms with Crippen molar-refractivity contribution in [3.8, 4) is 0 Å². The van der Waals surface area contributed by atoms with Gasteiger partial charge in [-0.15, -0.1) is 0 Å². The van der Waals surface area contributed by atoms with Gasteiger partial charge < -0.3 is 9.84 Å². The van der Waals surface area contributed by atoms with Gasteiger partial charge in [0.05, 0.1) is 12.3 Å². The molecule has 228 valence electrons. The molecule has 0 saturated heterocycles. The zero-order valence-corrected chi connectivity index (χ0v) is 25.8. The number of ether oxygens (including phenoxy) is 1. The Morgan fingerprint density at radius 1 is 0.641 bits per heavy atom. The summed E-state index contributed by atoms with van der Waals surface area (Å²) >= 11 is 0. The molecule has 0 radical (unpaired) electrons. The average Bonchev–Trinajstić information content (AvgIpc) is 2.93. The summed E-state index contributed by atoms with van der Waals surface area (Å²) in [5, 5.41) is 9.31. The first kappa shape index (κ1) is 37.4. The van der Waals surface area contributed by atoms with Crippen LogP contribution in [0.4, 0.5) is 0 Å². The van der Waals surface area contributed by atoms with Crippen molar-refractivity contribution in [1.29, 1.82) is 0 Å². The molecular formula is C35H64O4. The maximum atomic E-state index is 11.6. The third kappa shape index (κ3) is 29.2. The Bertz CT molecular complexity index is 583. The number of hydrogen-bond donors (Lipinski definition) is 1. The van der Waals surface area contributed by atoms with Crippen LogP contribution in [0.1, 0.15) is 174 Å². The summed E-state index contributed by atoms with van der Waals surface area (Å²) in [5.74, 6) is -1.98. The molecule has 0 spiro atoms. The summed E-state index contributed by atoms with van der Waals surface area (Å²) in [7, 11) is 0. The normalized spacial score (nSPS) is 12.1. The summed E-state index contributed by atoms with van der Waals surface area (Å²) in [6.07, 6.45) is 38.6. The topological polar surface area (TPSA) is 63.6 Å². The van der Waals surface area contributed by atoms with Crippen molar-refractivity contribution >= 4 is 11.9 Å². The molecule has 0 heterocycles. The van der Waals surface area contributed by atoms with Crippen LogP contribution in [0.25, 0.3) is 0 Å². The third-order valence-corrected chi connectivity index (χ3v) is 7.70. The second-order valence-corrected chi connectivity index (χ2v) is 11.4. The molecule has 1 unspecified atom stereocenters. The van der Waals surface area contributed by atoms with E-state index in [2.05, 4.69) is 25.7 Å². The second-order valence-electron chi connectivity index (χ2n) is 11.4. The van der Waals surface area contributed by atoms with Crippen LogP contribution < -0.4 is 0 Å². The van der Waals surface area contributed by atoms with E-state index in [1.165, 1.54) is 141 Å². The van der Waals surface area contributed by atoms with E-state index in [-0.39, 0.29) is 13.0 Å². The number of hydrogen-bond acceptors (Lipinski definition) is 3. The fraction of sp³-hybridized carbons (Fsp3) is 0.829. The molecule has 0 aromatic carbocycles. The summed E-state index contributed by atoms with van der Waals surface area (Å²) in [6, 6.07) is 0. The first-order valence-electron chi connectivity index (χ1n) is 16.8. The molecule has 0 bridgehead atoms. The Kier molecular flexibility index (Phi) is 29.7. The number of carboxylic acids is 1. The molecule has 0 aliphatic carbocycles. The van der Waals surface area contributed by atoms with Crippen LogP contribution in [0, 0.1) is 5.92 Å². The lowest BCUT2D eigenvalue weighted by molar-refractivity contribution is -0.151. The Labute approximate surface area is 242 Å². The zero-order chi connectivity index (χ0) is 28.7. The van der Waals surface area contributed by atoms with Crippen molar-refractivity contribution in [2.75, 3.05) is 6.61 Å². The van der Waals surface area contributed by atoms with Crippen LogP contribution in [0.15, 0.2) is 24.8 Å². The predicted molar refractivity (Wildman–Crippen MR) is 167 cm³/mol. The number of carbonyl (C=O) groups excluding carboxylic acids is 1. The highest BCUT2D eigenvalue weighted by Gasteiger charge is 2.21. The van der Waals surface area contributed by atoms with E-state index in [1.807, 2.05) is 0 Å². The molecule has 0 aromatic rings. The van der Waals surface area contributed by atoms with Crippen molar-refractivity contribution in [3.05, 3.63) is 24.8 Å². The van der Waals surface area contributed by atoms with E-state index < -0.39 is 17.9 Å². The predicted octanol–water partition coefficient (Wildman–Crippen LogP) is 11.1. The number of aliphatic carboxylic acids is 1. The molecule has 1 atom stereocenters. The lowest BCUT2D eigenvalue weighted by atomic mass is 9.97. The van der Waals surface area contributed by atoms with Crippen LogP contribution in [0.3, 0.4) is 0 Å². The molecule has 0 rings (SSSR count). The van der Waals surface area contributed by atoms with Gasteiger partial charge in [0.1, 0.15) is 6.61 Å². The molecule has 0 aromatic heterocycles. The molecule has 0 aliphatic rings. The highest BCUT2D eigenvalue weighted by Crippen LogP contribution is 2.18. The van der Waals surface area contributed by atoms with Crippen LogP contribution in [0.5, 0.6) is 0 Å². The molecule has 1 N–H and O–H groups in total. The van der Waals surface area contributed by atoms with Crippen molar-refractivity contribution in [3.63, 3.8) is 0 Å². The molecule has 0 aliphatic heterocycles. The zero-order valence-electron chi connectivity index (χ0n) is 25.8. The first-order valence-corrected chi connectivity index (χ1v) is 16.8. The fourth-order valence-electron chi connectivity index (χ4n) is 5.20. The quantitative estimate of drug-likeness (QED) is 0.0531. The summed E-state index contributed by atoms with van der Waals surface area (Å²) in [5.41, 5.74) is 0. The smallest absolute Gasteiger partial charge is 0.307 e. The molecular weight excluding hydrogens is 484 g/mol. The average molecular weight is 549 g/mol. The van der Waals surface area contributed by atoms with Crippen molar-refractivity contribution in [2.45, 2.75) is 174 Å². The van der Waals surface area contributed by atoms with E-state index in [0.29, 0.717) is 6.42 Å². The monoisotopic (exact) mass is 548 g/mol. The van der Waals surface area contributed by atoms with Gasteiger partial charge in [-0.2, -0.15) is 0 Å². The van der Waals surface area contributed by atoms with Crippen molar-refractivity contribution in [1.82, 2.24) is 0 Å². The van der Waals surface area contributed by atoms with E-state index >= 15 is 0 Å². The molecule has 4 heteroatoms.